The first kappa shape index (κ1) is 29.4. The number of benzene rings is 2. The van der Waals surface area contributed by atoms with Crippen LogP contribution in [-0.4, -0.2) is 45.7 Å². The van der Waals surface area contributed by atoms with Gasteiger partial charge in [-0.3, -0.25) is 19.4 Å². The summed E-state index contributed by atoms with van der Waals surface area (Å²) in [5.41, 5.74) is 1.53. The highest BCUT2D eigenvalue weighted by molar-refractivity contribution is 6.46. The van der Waals surface area contributed by atoms with Crippen LogP contribution in [0.5, 0.6) is 0 Å². The summed E-state index contributed by atoms with van der Waals surface area (Å²) in [6.07, 6.45) is 4.88. The third-order valence-corrected chi connectivity index (χ3v) is 8.83. The first-order chi connectivity index (χ1) is 19.0. The SMILES string of the molecule is CCCC(c1ccc(C(=O)NCCC(=O)O)cc1)N1C(=O)C(c2cccc(F)c2)=NC12CCC(C(C)(C)CC)C2. The summed E-state index contributed by atoms with van der Waals surface area (Å²) in [6, 6.07) is 13.0. The topological polar surface area (TPSA) is 99.1 Å². The van der Waals surface area contributed by atoms with Crippen LogP contribution in [0.2, 0.25) is 0 Å². The van der Waals surface area contributed by atoms with E-state index in [-0.39, 0.29) is 36.2 Å². The zero-order chi connectivity index (χ0) is 29.1. The minimum absolute atomic E-state index is 0.0502. The molecule has 214 valence electrons. The lowest BCUT2D eigenvalue weighted by molar-refractivity contribution is -0.137. The molecule has 8 heteroatoms. The van der Waals surface area contributed by atoms with Gasteiger partial charge in [0.1, 0.15) is 17.2 Å². The van der Waals surface area contributed by atoms with Gasteiger partial charge in [0, 0.05) is 17.7 Å². The molecule has 4 rings (SSSR count). The van der Waals surface area contributed by atoms with Crippen LogP contribution in [0.15, 0.2) is 53.5 Å². The molecule has 2 aromatic carbocycles. The second kappa shape index (κ2) is 11.9. The van der Waals surface area contributed by atoms with Gasteiger partial charge in [-0.15, -0.1) is 0 Å². The molecule has 0 aromatic heterocycles. The molecule has 1 saturated carbocycles. The van der Waals surface area contributed by atoms with E-state index >= 15 is 0 Å². The number of carbonyl (C=O) groups excluding carboxylic acids is 2. The molecular formula is C32H40FN3O4. The van der Waals surface area contributed by atoms with Gasteiger partial charge in [-0.1, -0.05) is 64.8 Å². The average Bonchev–Trinajstić information content (AvgIpc) is 3.48. The fourth-order valence-electron chi connectivity index (χ4n) is 6.11. The van der Waals surface area contributed by atoms with Crippen molar-refractivity contribution in [2.45, 2.75) is 84.3 Å². The minimum Gasteiger partial charge on any atom is -0.481 e. The fraction of sp³-hybridized carbons (Fsp3) is 0.500. The number of rotatable bonds is 11. The van der Waals surface area contributed by atoms with Gasteiger partial charge in [-0.25, -0.2) is 4.39 Å². The molecule has 1 heterocycles. The molecule has 40 heavy (non-hydrogen) atoms. The quantitative estimate of drug-likeness (QED) is 0.352. The van der Waals surface area contributed by atoms with E-state index in [1.54, 1.807) is 24.3 Å². The lowest BCUT2D eigenvalue weighted by Gasteiger charge is -2.41. The Bertz CT molecular complexity index is 1290. The molecule has 2 N–H and O–H groups in total. The molecule has 1 fully saturated rings. The highest BCUT2D eigenvalue weighted by atomic mass is 19.1. The molecule has 3 atom stereocenters. The van der Waals surface area contributed by atoms with Crippen LogP contribution in [0.4, 0.5) is 4.39 Å². The first-order valence-electron chi connectivity index (χ1n) is 14.3. The Morgan fingerprint density at radius 2 is 1.93 bits per heavy atom. The van der Waals surface area contributed by atoms with Gasteiger partial charge in [0.05, 0.1) is 12.5 Å². The molecule has 3 unspecified atom stereocenters. The number of aliphatic carboxylic acids is 1. The van der Waals surface area contributed by atoms with E-state index in [0.29, 0.717) is 29.2 Å². The normalized spacial score (nSPS) is 21.5. The monoisotopic (exact) mass is 549 g/mol. The van der Waals surface area contributed by atoms with Crippen LogP contribution in [0.25, 0.3) is 0 Å². The van der Waals surface area contributed by atoms with Crippen molar-refractivity contribution in [2.75, 3.05) is 6.54 Å². The van der Waals surface area contributed by atoms with Crippen molar-refractivity contribution in [2.24, 2.45) is 16.3 Å². The van der Waals surface area contributed by atoms with E-state index in [1.807, 2.05) is 17.0 Å². The van der Waals surface area contributed by atoms with Crippen molar-refractivity contribution in [3.63, 3.8) is 0 Å². The Labute approximate surface area is 235 Å². The van der Waals surface area contributed by atoms with Gasteiger partial charge in [0.2, 0.25) is 0 Å². The molecule has 7 nitrogen and oxygen atoms in total. The van der Waals surface area contributed by atoms with Crippen molar-refractivity contribution >= 4 is 23.5 Å². The number of carboxylic acid groups (broad SMARTS) is 1. The van der Waals surface area contributed by atoms with Gasteiger partial charge < -0.3 is 15.3 Å². The Hall–Kier alpha value is -3.55. The molecule has 0 radical (unpaired) electrons. The fourth-order valence-corrected chi connectivity index (χ4v) is 6.11. The van der Waals surface area contributed by atoms with Crippen molar-refractivity contribution in [1.82, 2.24) is 10.2 Å². The summed E-state index contributed by atoms with van der Waals surface area (Å²) in [4.78, 5) is 44.6. The van der Waals surface area contributed by atoms with E-state index in [1.165, 1.54) is 12.1 Å². The van der Waals surface area contributed by atoms with Crippen molar-refractivity contribution < 1.29 is 23.9 Å². The number of hydrogen-bond donors (Lipinski definition) is 2. The molecular weight excluding hydrogens is 509 g/mol. The highest BCUT2D eigenvalue weighted by Crippen LogP contribution is 2.53. The highest BCUT2D eigenvalue weighted by Gasteiger charge is 2.55. The molecule has 1 aliphatic carbocycles. The third kappa shape index (κ3) is 5.96. The van der Waals surface area contributed by atoms with Crippen LogP contribution in [-0.2, 0) is 9.59 Å². The van der Waals surface area contributed by atoms with Gasteiger partial charge in [0.25, 0.3) is 11.8 Å². The van der Waals surface area contributed by atoms with Gasteiger partial charge in [0.15, 0.2) is 0 Å². The van der Waals surface area contributed by atoms with E-state index in [9.17, 15) is 18.8 Å². The average molecular weight is 550 g/mol. The van der Waals surface area contributed by atoms with Crippen molar-refractivity contribution in [3.05, 3.63) is 71.0 Å². The maximum Gasteiger partial charge on any atom is 0.305 e. The molecule has 1 aliphatic heterocycles. The molecule has 0 saturated heterocycles. The van der Waals surface area contributed by atoms with Crippen LogP contribution in [0.1, 0.15) is 100 Å². The summed E-state index contributed by atoms with van der Waals surface area (Å²) < 4.78 is 14.2. The number of carbonyl (C=O) groups is 3. The molecule has 1 spiro atoms. The smallest absolute Gasteiger partial charge is 0.305 e. The van der Waals surface area contributed by atoms with E-state index < -0.39 is 17.4 Å². The predicted molar refractivity (Wildman–Crippen MR) is 153 cm³/mol. The lowest BCUT2D eigenvalue weighted by atomic mass is 9.75. The summed E-state index contributed by atoms with van der Waals surface area (Å²) in [7, 11) is 0. The first-order valence-corrected chi connectivity index (χ1v) is 14.3. The third-order valence-electron chi connectivity index (χ3n) is 8.83. The second-order valence-electron chi connectivity index (χ2n) is 11.7. The van der Waals surface area contributed by atoms with Gasteiger partial charge in [-0.2, -0.15) is 0 Å². The number of nitrogens with one attached hydrogen (secondary N) is 1. The Morgan fingerprint density at radius 1 is 1.20 bits per heavy atom. The van der Waals surface area contributed by atoms with E-state index in [0.717, 1.165) is 37.7 Å². The molecule has 2 aliphatic rings. The van der Waals surface area contributed by atoms with Crippen molar-refractivity contribution in [3.8, 4) is 0 Å². The predicted octanol–water partition coefficient (Wildman–Crippen LogP) is 6.14. The minimum atomic E-state index is -0.974. The van der Waals surface area contributed by atoms with E-state index in [2.05, 4.69) is 33.0 Å². The lowest BCUT2D eigenvalue weighted by Crippen LogP contribution is -2.48. The molecule has 2 aromatic rings. The van der Waals surface area contributed by atoms with Crippen LogP contribution >= 0.6 is 0 Å². The number of halogens is 1. The standard InChI is InChI=1S/C32H40FN3O4/c1-5-8-26(21-11-13-22(14-12-21)29(39)34-18-16-27(37)38)36-30(40)28(23-9-7-10-25(33)19-23)35-32(36)17-15-24(20-32)31(3,4)6-2/h7,9-14,19,24,26H,5-6,8,15-18,20H2,1-4H3,(H,34,39)(H,37,38). The largest absolute Gasteiger partial charge is 0.481 e. The Balaban J connectivity index is 1.69. The van der Waals surface area contributed by atoms with Gasteiger partial charge in [-0.05, 0) is 66.8 Å². The molecule has 0 bridgehead atoms. The number of amides is 2. The zero-order valence-corrected chi connectivity index (χ0v) is 23.9. The van der Waals surface area contributed by atoms with Crippen LogP contribution in [0, 0.1) is 17.2 Å². The zero-order valence-electron chi connectivity index (χ0n) is 23.9. The summed E-state index contributed by atoms with van der Waals surface area (Å²) in [5.74, 6) is -1.51. The van der Waals surface area contributed by atoms with Crippen LogP contribution in [0.3, 0.4) is 0 Å². The summed E-state index contributed by atoms with van der Waals surface area (Å²) >= 11 is 0. The Kier molecular flexibility index (Phi) is 8.76. The van der Waals surface area contributed by atoms with Crippen LogP contribution < -0.4 is 5.32 Å². The number of carboxylic acids is 1. The van der Waals surface area contributed by atoms with Gasteiger partial charge >= 0.3 is 5.97 Å². The maximum atomic E-state index is 14.2. The Morgan fingerprint density at radius 3 is 2.55 bits per heavy atom. The number of aliphatic imine (C=N–C) groups is 1. The second-order valence-corrected chi connectivity index (χ2v) is 11.7. The summed E-state index contributed by atoms with van der Waals surface area (Å²) in [6.45, 7) is 8.88. The summed E-state index contributed by atoms with van der Waals surface area (Å²) in [5, 5.41) is 11.5. The molecule has 2 amide bonds. The van der Waals surface area contributed by atoms with E-state index in [4.69, 9.17) is 10.1 Å². The van der Waals surface area contributed by atoms with Crippen molar-refractivity contribution in [1.29, 1.82) is 0 Å². The number of hydrogen-bond acceptors (Lipinski definition) is 4. The number of nitrogens with zero attached hydrogens (tertiary/aromatic N) is 2. The maximum absolute atomic E-state index is 14.2.